The lowest BCUT2D eigenvalue weighted by Crippen LogP contribution is -2.07. The van der Waals surface area contributed by atoms with Gasteiger partial charge in [-0.3, -0.25) is 4.79 Å². The molecular weight excluding hydrogens is 348 g/mol. The van der Waals surface area contributed by atoms with E-state index in [9.17, 15) is 4.79 Å². The van der Waals surface area contributed by atoms with Gasteiger partial charge in [-0.25, -0.2) is 9.67 Å². The number of hydrogen-bond donors (Lipinski definition) is 0. The van der Waals surface area contributed by atoms with E-state index >= 15 is 0 Å². The lowest BCUT2D eigenvalue weighted by Gasteiger charge is -2.06. The molecule has 0 atom stereocenters. The smallest absolute Gasteiger partial charge is 0.168 e. The van der Waals surface area contributed by atoms with Crippen molar-refractivity contribution in [1.82, 2.24) is 14.7 Å². The summed E-state index contributed by atoms with van der Waals surface area (Å²) in [7, 11) is 3.73. The fourth-order valence-corrected chi connectivity index (χ4v) is 2.72. The van der Waals surface area contributed by atoms with Gasteiger partial charge in [0.25, 0.3) is 0 Å². The summed E-state index contributed by atoms with van der Waals surface area (Å²) >= 11 is 6.13. The standard InChI is InChI=1S/C20H19ClN4O/c1-14-7-9-15(10-8-14)19-18(12-26)20(22-13-24(2)3)25(23-19)17-6-4-5-16(21)11-17/h4-13H,1-3H3/b22-13+. The van der Waals surface area contributed by atoms with E-state index in [1.807, 2.05) is 57.4 Å². The first-order valence-corrected chi connectivity index (χ1v) is 8.49. The highest BCUT2D eigenvalue weighted by molar-refractivity contribution is 6.30. The second-order valence-corrected chi connectivity index (χ2v) is 6.61. The van der Waals surface area contributed by atoms with Crippen molar-refractivity contribution in [2.75, 3.05) is 14.1 Å². The summed E-state index contributed by atoms with van der Waals surface area (Å²) in [5.74, 6) is 0.464. The van der Waals surface area contributed by atoms with E-state index in [-0.39, 0.29) is 0 Å². The Morgan fingerprint density at radius 3 is 2.50 bits per heavy atom. The molecule has 0 saturated heterocycles. The van der Waals surface area contributed by atoms with E-state index < -0.39 is 0 Å². The van der Waals surface area contributed by atoms with Gasteiger partial charge in [0.05, 0.1) is 17.6 Å². The van der Waals surface area contributed by atoms with Crippen molar-refractivity contribution >= 4 is 30.0 Å². The van der Waals surface area contributed by atoms with Crippen LogP contribution < -0.4 is 0 Å². The minimum absolute atomic E-state index is 0.437. The molecule has 0 aliphatic carbocycles. The molecule has 26 heavy (non-hydrogen) atoms. The maximum absolute atomic E-state index is 11.9. The van der Waals surface area contributed by atoms with Crippen molar-refractivity contribution in [3.63, 3.8) is 0 Å². The molecule has 0 fully saturated rings. The van der Waals surface area contributed by atoms with Gasteiger partial charge in [0.15, 0.2) is 12.1 Å². The molecular formula is C20H19ClN4O. The molecule has 3 rings (SSSR count). The zero-order valence-electron chi connectivity index (χ0n) is 14.8. The van der Waals surface area contributed by atoms with Gasteiger partial charge in [-0.2, -0.15) is 5.10 Å². The van der Waals surface area contributed by atoms with Crippen molar-refractivity contribution in [3.05, 3.63) is 64.7 Å². The molecule has 0 spiro atoms. The van der Waals surface area contributed by atoms with E-state index in [1.54, 1.807) is 28.1 Å². The number of aromatic nitrogens is 2. The maximum Gasteiger partial charge on any atom is 0.168 e. The highest BCUT2D eigenvalue weighted by atomic mass is 35.5. The van der Waals surface area contributed by atoms with E-state index in [4.69, 9.17) is 11.6 Å². The molecule has 0 bridgehead atoms. The number of nitrogens with zero attached hydrogens (tertiary/aromatic N) is 4. The molecule has 1 aromatic heterocycles. The first kappa shape index (κ1) is 17.9. The second-order valence-electron chi connectivity index (χ2n) is 6.17. The lowest BCUT2D eigenvalue weighted by molar-refractivity contribution is 0.112. The monoisotopic (exact) mass is 366 g/mol. The summed E-state index contributed by atoms with van der Waals surface area (Å²) < 4.78 is 1.64. The zero-order valence-corrected chi connectivity index (χ0v) is 15.6. The number of aryl methyl sites for hydroxylation is 1. The molecule has 6 heteroatoms. The summed E-state index contributed by atoms with van der Waals surface area (Å²) in [6.07, 6.45) is 2.44. The topological polar surface area (TPSA) is 50.5 Å². The van der Waals surface area contributed by atoms with Crippen molar-refractivity contribution in [2.24, 2.45) is 4.99 Å². The maximum atomic E-state index is 11.9. The number of hydrogen-bond acceptors (Lipinski definition) is 3. The molecule has 0 unspecified atom stereocenters. The molecule has 5 nitrogen and oxygen atoms in total. The molecule has 0 N–H and O–H groups in total. The van der Waals surface area contributed by atoms with Crippen LogP contribution in [-0.2, 0) is 0 Å². The van der Waals surface area contributed by atoms with E-state index in [2.05, 4.69) is 10.1 Å². The van der Waals surface area contributed by atoms with Crippen LogP contribution >= 0.6 is 11.6 Å². The first-order chi connectivity index (χ1) is 12.5. The molecule has 1 heterocycles. The van der Waals surface area contributed by atoms with Crippen LogP contribution in [0.4, 0.5) is 5.82 Å². The summed E-state index contributed by atoms with van der Waals surface area (Å²) in [6, 6.07) is 15.2. The Morgan fingerprint density at radius 1 is 1.15 bits per heavy atom. The predicted molar refractivity (Wildman–Crippen MR) is 106 cm³/mol. The highest BCUT2D eigenvalue weighted by Crippen LogP contribution is 2.32. The SMILES string of the molecule is Cc1ccc(-c2nn(-c3cccc(Cl)c3)c(/N=C/N(C)C)c2C=O)cc1. The predicted octanol–water partition coefficient (Wildman–Crippen LogP) is 4.54. The summed E-state index contributed by atoms with van der Waals surface area (Å²) in [5, 5.41) is 5.25. The molecule has 132 valence electrons. The van der Waals surface area contributed by atoms with Gasteiger partial charge in [-0.05, 0) is 25.1 Å². The fraction of sp³-hybridized carbons (Fsp3) is 0.150. The van der Waals surface area contributed by atoms with Gasteiger partial charge < -0.3 is 4.90 Å². The highest BCUT2D eigenvalue weighted by Gasteiger charge is 2.19. The van der Waals surface area contributed by atoms with Crippen molar-refractivity contribution in [3.8, 4) is 16.9 Å². The molecule has 0 amide bonds. The number of aldehydes is 1. The molecule has 0 aliphatic rings. The molecule has 0 radical (unpaired) electrons. The number of rotatable bonds is 5. The third-order valence-corrected chi connectivity index (χ3v) is 4.04. The Hall–Kier alpha value is -2.92. The molecule has 0 saturated carbocycles. The average Bonchev–Trinajstić information content (AvgIpc) is 2.99. The Kier molecular flexibility index (Phi) is 5.19. The van der Waals surface area contributed by atoms with Crippen LogP contribution in [-0.4, -0.2) is 41.4 Å². The van der Waals surface area contributed by atoms with E-state index in [0.717, 1.165) is 23.1 Å². The van der Waals surface area contributed by atoms with Crippen molar-refractivity contribution < 1.29 is 4.79 Å². The summed E-state index contributed by atoms with van der Waals surface area (Å²) in [5.41, 5.74) is 3.77. The Labute approximate surface area is 157 Å². The third kappa shape index (κ3) is 3.68. The number of halogens is 1. The third-order valence-electron chi connectivity index (χ3n) is 3.80. The number of aliphatic imine (C=N–C) groups is 1. The lowest BCUT2D eigenvalue weighted by atomic mass is 10.1. The fourth-order valence-electron chi connectivity index (χ4n) is 2.54. The van der Waals surface area contributed by atoms with Gasteiger partial charge in [-0.15, -0.1) is 0 Å². The van der Waals surface area contributed by atoms with Crippen LogP contribution in [0.1, 0.15) is 15.9 Å². The van der Waals surface area contributed by atoms with Crippen LogP contribution in [0.3, 0.4) is 0 Å². The van der Waals surface area contributed by atoms with Crippen LogP contribution in [0.2, 0.25) is 5.02 Å². The Morgan fingerprint density at radius 2 is 1.88 bits per heavy atom. The van der Waals surface area contributed by atoms with Crippen LogP contribution in [0.5, 0.6) is 0 Å². The minimum Gasteiger partial charge on any atom is -0.369 e. The second kappa shape index (κ2) is 7.54. The zero-order chi connectivity index (χ0) is 18.7. The molecule has 2 aromatic carbocycles. The first-order valence-electron chi connectivity index (χ1n) is 8.11. The van der Waals surface area contributed by atoms with Crippen molar-refractivity contribution in [2.45, 2.75) is 6.92 Å². The normalized spacial score (nSPS) is 11.1. The van der Waals surface area contributed by atoms with Gasteiger partial charge in [0, 0.05) is 24.7 Å². The number of benzene rings is 2. The number of carbonyl (C=O) groups is 1. The molecule has 0 aliphatic heterocycles. The van der Waals surface area contributed by atoms with Crippen LogP contribution in [0.15, 0.2) is 53.5 Å². The minimum atomic E-state index is 0.437. The molecule has 3 aromatic rings. The summed E-state index contributed by atoms with van der Waals surface area (Å²) in [4.78, 5) is 18.2. The largest absolute Gasteiger partial charge is 0.369 e. The quantitative estimate of drug-likeness (QED) is 0.378. The Bertz CT molecular complexity index is 958. The van der Waals surface area contributed by atoms with E-state index in [0.29, 0.717) is 22.1 Å². The van der Waals surface area contributed by atoms with E-state index in [1.165, 1.54) is 0 Å². The number of carbonyl (C=O) groups excluding carboxylic acids is 1. The van der Waals surface area contributed by atoms with Gasteiger partial charge in [0.2, 0.25) is 0 Å². The Balaban J connectivity index is 2.25. The average molecular weight is 367 g/mol. The van der Waals surface area contributed by atoms with Gasteiger partial charge in [-0.1, -0.05) is 47.5 Å². The van der Waals surface area contributed by atoms with Crippen molar-refractivity contribution in [1.29, 1.82) is 0 Å². The van der Waals surface area contributed by atoms with Crippen LogP contribution in [0, 0.1) is 6.92 Å². The van der Waals surface area contributed by atoms with Gasteiger partial charge in [0.1, 0.15) is 5.69 Å². The van der Waals surface area contributed by atoms with Gasteiger partial charge >= 0.3 is 0 Å². The summed E-state index contributed by atoms with van der Waals surface area (Å²) in [6.45, 7) is 2.02. The van der Waals surface area contributed by atoms with Crippen LogP contribution in [0.25, 0.3) is 16.9 Å².